The molecule has 9 heteroatoms. The van der Waals surface area contributed by atoms with Crippen molar-refractivity contribution in [2.24, 2.45) is 11.6 Å². The van der Waals surface area contributed by atoms with Crippen LogP contribution in [0.5, 0.6) is 0 Å². The molecule has 0 aromatic carbocycles. The summed E-state index contributed by atoms with van der Waals surface area (Å²) in [6, 6.07) is -0.645. The van der Waals surface area contributed by atoms with Crippen molar-refractivity contribution in [1.29, 1.82) is 0 Å². The van der Waals surface area contributed by atoms with Crippen LogP contribution in [0.15, 0.2) is 12.4 Å². The highest BCUT2D eigenvalue weighted by Crippen LogP contribution is 1.99. The van der Waals surface area contributed by atoms with Gasteiger partial charge in [-0.25, -0.2) is 15.6 Å². The first kappa shape index (κ1) is 12.6. The lowest BCUT2D eigenvalue weighted by Crippen LogP contribution is -2.37. The molecule has 0 aliphatic carbocycles. The number of nitrogens with one attached hydrogen (secondary N) is 3. The van der Waals surface area contributed by atoms with Gasteiger partial charge in [-0.1, -0.05) is 0 Å². The van der Waals surface area contributed by atoms with Gasteiger partial charge in [0, 0.05) is 13.1 Å². The fourth-order valence-electron chi connectivity index (χ4n) is 0.997. The zero-order valence-electron chi connectivity index (χ0n) is 8.93. The Morgan fingerprint density at radius 2 is 1.94 bits per heavy atom. The van der Waals surface area contributed by atoms with Crippen molar-refractivity contribution in [2.75, 3.05) is 18.5 Å². The van der Waals surface area contributed by atoms with Crippen molar-refractivity contribution in [3.8, 4) is 0 Å². The molecule has 9 nitrogen and oxygen atoms in total. The predicted octanol–water partition coefficient (Wildman–Crippen LogP) is -1.84. The van der Waals surface area contributed by atoms with Gasteiger partial charge in [0.15, 0.2) is 5.82 Å². The molecule has 0 fully saturated rings. The lowest BCUT2D eigenvalue weighted by molar-refractivity contribution is 0.0948. The zero-order valence-corrected chi connectivity index (χ0v) is 8.93. The van der Waals surface area contributed by atoms with E-state index in [0.29, 0.717) is 0 Å². The maximum atomic E-state index is 11.5. The molecule has 92 valence electrons. The number of hydrogen-bond acceptors (Lipinski definition) is 6. The highest BCUT2D eigenvalue weighted by atomic mass is 16.2. The van der Waals surface area contributed by atoms with E-state index >= 15 is 0 Å². The van der Waals surface area contributed by atoms with E-state index in [1.165, 1.54) is 12.4 Å². The van der Waals surface area contributed by atoms with Crippen LogP contribution in [0, 0.1) is 0 Å². The third-order valence-corrected chi connectivity index (χ3v) is 1.72. The van der Waals surface area contributed by atoms with E-state index in [1.54, 1.807) is 0 Å². The van der Waals surface area contributed by atoms with Crippen molar-refractivity contribution in [2.45, 2.75) is 0 Å². The van der Waals surface area contributed by atoms with Crippen LogP contribution in [0.2, 0.25) is 0 Å². The normalized spacial score (nSPS) is 9.47. The molecule has 0 saturated heterocycles. The molecule has 17 heavy (non-hydrogen) atoms. The number of hydrazine groups is 1. The Morgan fingerprint density at radius 3 is 2.59 bits per heavy atom. The first-order valence-corrected chi connectivity index (χ1v) is 4.73. The van der Waals surface area contributed by atoms with E-state index in [9.17, 15) is 9.59 Å². The molecule has 0 saturated carbocycles. The smallest absolute Gasteiger partial charge is 0.312 e. The van der Waals surface area contributed by atoms with Gasteiger partial charge in [-0.05, 0) is 0 Å². The Kier molecular flexibility index (Phi) is 4.63. The molecule has 1 aromatic rings. The fraction of sp³-hybridized carbons (Fsp3) is 0.250. The molecule has 1 aromatic heterocycles. The molecule has 0 bridgehead atoms. The van der Waals surface area contributed by atoms with Gasteiger partial charge in [-0.2, -0.15) is 0 Å². The van der Waals surface area contributed by atoms with Gasteiger partial charge in [0.25, 0.3) is 5.91 Å². The van der Waals surface area contributed by atoms with Gasteiger partial charge >= 0.3 is 6.03 Å². The van der Waals surface area contributed by atoms with Crippen molar-refractivity contribution >= 4 is 17.8 Å². The summed E-state index contributed by atoms with van der Waals surface area (Å²) >= 11 is 0. The first-order valence-electron chi connectivity index (χ1n) is 4.73. The summed E-state index contributed by atoms with van der Waals surface area (Å²) in [5, 5.41) is 4.86. The molecule has 1 heterocycles. The van der Waals surface area contributed by atoms with E-state index in [2.05, 4.69) is 26.0 Å². The number of nitrogens with two attached hydrogens (primary N) is 2. The Balaban J connectivity index is 2.43. The van der Waals surface area contributed by atoms with Crippen LogP contribution < -0.4 is 27.6 Å². The number of anilines is 1. The molecule has 0 aliphatic heterocycles. The molecular formula is C8H13N7O2. The zero-order chi connectivity index (χ0) is 12.7. The Bertz CT molecular complexity index is 409. The summed E-state index contributed by atoms with van der Waals surface area (Å²) in [6.07, 6.45) is 2.68. The number of nitrogen functional groups attached to an aromatic ring is 1. The summed E-state index contributed by atoms with van der Waals surface area (Å²) in [7, 11) is 0. The number of rotatable bonds is 5. The number of urea groups is 1. The molecule has 0 radical (unpaired) electrons. The predicted molar refractivity (Wildman–Crippen MR) is 59.8 cm³/mol. The molecule has 7 N–H and O–H groups in total. The highest BCUT2D eigenvalue weighted by Gasteiger charge is 2.07. The van der Waals surface area contributed by atoms with Crippen molar-refractivity contribution in [3.63, 3.8) is 0 Å². The van der Waals surface area contributed by atoms with Crippen LogP contribution in [0.3, 0.4) is 0 Å². The third-order valence-electron chi connectivity index (χ3n) is 1.72. The van der Waals surface area contributed by atoms with E-state index in [4.69, 9.17) is 11.6 Å². The van der Waals surface area contributed by atoms with Crippen molar-refractivity contribution < 1.29 is 9.59 Å². The Labute approximate surface area is 97.0 Å². The van der Waals surface area contributed by atoms with Crippen LogP contribution in [0.25, 0.3) is 0 Å². The van der Waals surface area contributed by atoms with Crippen LogP contribution >= 0.6 is 0 Å². The average molecular weight is 239 g/mol. The molecule has 0 unspecified atom stereocenters. The Morgan fingerprint density at radius 1 is 1.24 bits per heavy atom. The largest absolute Gasteiger partial charge is 0.352 e. The number of primary amides is 1. The molecular weight excluding hydrogens is 226 g/mol. The quantitative estimate of drug-likeness (QED) is 0.231. The van der Waals surface area contributed by atoms with Crippen LogP contribution in [0.4, 0.5) is 10.6 Å². The lowest BCUT2D eigenvalue weighted by Gasteiger charge is -2.05. The second kappa shape index (κ2) is 6.23. The van der Waals surface area contributed by atoms with Crippen LogP contribution in [0.1, 0.15) is 10.5 Å². The van der Waals surface area contributed by atoms with Crippen molar-refractivity contribution in [3.05, 3.63) is 18.1 Å². The van der Waals surface area contributed by atoms with E-state index in [0.717, 1.165) is 0 Å². The minimum absolute atomic E-state index is 0.125. The van der Waals surface area contributed by atoms with Gasteiger partial charge in [0.2, 0.25) is 0 Å². The number of aromatic nitrogens is 2. The second-order valence-electron chi connectivity index (χ2n) is 2.98. The number of hydrogen-bond donors (Lipinski definition) is 5. The van der Waals surface area contributed by atoms with E-state index in [-0.39, 0.29) is 24.6 Å². The minimum atomic E-state index is -0.645. The van der Waals surface area contributed by atoms with E-state index < -0.39 is 11.9 Å². The summed E-state index contributed by atoms with van der Waals surface area (Å²) in [6.45, 7) is 0.479. The summed E-state index contributed by atoms with van der Waals surface area (Å²) in [5.41, 5.74) is 7.25. The second-order valence-corrected chi connectivity index (χ2v) is 2.98. The summed E-state index contributed by atoms with van der Waals surface area (Å²) in [5.74, 6) is 5.00. The minimum Gasteiger partial charge on any atom is -0.352 e. The molecule has 0 atom stereocenters. The number of nitrogens with zero attached hydrogens (tertiary/aromatic N) is 2. The topological polar surface area (TPSA) is 148 Å². The van der Waals surface area contributed by atoms with Gasteiger partial charge < -0.3 is 21.8 Å². The number of carbonyl (C=O) groups excluding carboxylic acids is 2. The maximum absolute atomic E-state index is 11.5. The third kappa shape index (κ3) is 4.30. The summed E-state index contributed by atoms with van der Waals surface area (Å²) < 4.78 is 0. The van der Waals surface area contributed by atoms with Gasteiger partial charge in [0.05, 0.1) is 12.4 Å². The molecule has 1 rings (SSSR count). The van der Waals surface area contributed by atoms with Gasteiger partial charge in [-0.3, -0.25) is 9.78 Å². The maximum Gasteiger partial charge on any atom is 0.312 e. The van der Waals surface area contributed by atoms with E-state index in [1.807, 2.05) is 0 Å². The molecule has 0 spiro atoms. The monoisotopic (exact) mass is 239 g/mol. The fourth-order valence-corrected chi connectivity index (χ4v) is 0.997. The average Bonchev–Trinajstić information content (AvgIpc) is 2.34. The SMILES string of the molecule is NNc1cncc(C(=O)NCCNC(N)=O)n1. The lowest BCUT2D eigenvalue weighted by atomic mass is 10.4. The van der Waals surface area contributed by atoms with Crippen molar-refractivity contribution in [1.82, 2.24) is 20.6 Å². The molecule has 3 amide bonds. The number of amides is 3. The highest BCUT2D eigenvalue weighted by molar-refractivity contribution is 5.92. The standard InChI is InChI=1S/C8H13N7O2/c9-8(17)13-2-1-12-7(16)5-3-11-4-6(14-5)15-10/h3-4H,1-2,10H2,(H,12,16)(H,14,15)(H3,9,13,17). The number of carbonyl (C=O) groups is 2. The molecule has 0 aliphatic rings. The van der Waals surface area contributed by atoms with Gasteiger partial charge in [0.1, 0.15) is 5.69 Å². The van der Waals surface area contributed by atoms with Gasteiger partial charge in [-0.15, -0.1) is 0 Å². The first-order chi connectivity index (χ1) is 8.13. The van der Waals surface area contributed by atoms with Crippen LogP contribution in [-0.2, 0) is 0 Å². The van der Waals surface area contributed by atoms with Crippen LogP contribution in [-0.4, -0.2) is 35.0 Å². The summed E-state index contributed by atoms with van der Waals surface area (Å²) in [4.78, 5) is 29.5. The Hall–Kier alpha value is -2.42.